The van der Waals surface area contributed by atoms with Crippen molar-refractivity contribution in [1.82, 2.24) is 9.97 Å². The average molecular weight is 234 g/mol. The van der Waals surface area contributed by atoms with Crippen molar-refractivity contribution in [3.05, 3.63) is 11.9 Å². The molecular weight excluding hydrogens is 212 g/mol. The van der Waals surface area contributed by atoms with Gasteiger partial charge >= 0.3 is 0 Å². The average Bonchev–Trinajstić information content (AvgIpc) is 2.81. The lowest BCUT2D eigenvalue weighted by atomic mass is 9.83. The minimum absolute atomic E-state index is 0.464. The largest absolute Gasteiger partial charge is 0.383 e. The monoisotopic (exact) mass is 234 g/mol. The van der Waals surface area contributed by atoms with Gasteiger partial charge in [0.2, 0.25) is 0 Å². The Hall–Kier alpha value is -1.32. The van der Waals surface area contributed by atoms with Gasteiger partial charge in [-0.25, -0.2) is 9.97 Å². The summed E-state index contributed by atoms with van der Waals surface area (Å²) in [7, 11) is 0. The van der Waals surface area contributed by atoms with Gasteiger partial charge in [-0.05, 0) is 31.6 Å². The van der Waals surface area contributed by atoms with E-state index >= 15 is 0 Å². The second kappa shape index (κ2) is 4.90. The van der Waals surface area contributed by atoms with Gasteiger partial charge in [0.05, 0.1) is 0 Å². The third-order valence-electron chi connectivity index (χ3n) is 4.17. The Morgan fingerprint density at radius 2 is 2.06 bits per heavy atom. The molecular formula is C13H22N4. The summed E-state index contributed by atoms with van der Waals surface area (Å²) in [6, 6.07) is 0. The lowest BCUT2D eigenvalue weighted by Crippen LogP contribution is -2.26. The lowest BCUT2D eigenvalue weighted by Gasteiger charge is -2.28. The first-order chi connectivity index (χ1) is 8.17. The zero-order chi connectivity index (χ0) is 12.3. The minimum Gasteiger partial charge on any atom is -0.383 e. The van der Waals surface area contributed by atoms with Crippen molar-refractivity contribution in [1.29, 1.82) is 0 Å². The fourth-order valence-corrected chi connectivity index (χ4v) is 2.69. The van der Waals surface area contributed by atoms with E-state index < -0.39 is 0 Å². The molecule has 1 fully saturated rings. The molecule has 4 heteroatoms. The maximum absolute atomic E-state index is 5.78. The summed E-state index contributed by atoms with van der Waals surface area (Å²) in [5, 5.41) is 3.46. The van der Waals surface area contributed by atoms with Gasteiger partial charge in [0, 0.05) is 12.1 Å². The minimum atomic E-state index is 0.464. The maximum atomic E-state index is 5.78. The highest BCUT2D eigenvalue weighted by Crippen LogP contribution is 2.40. The number of hydrogen-bond donors (Lipinski definition) is 2. The van der Waals surface area contributed by atoms with Gasteiger partial charge in [0.25, 0.3) is 0 Å². The van der Waals surface area contributed by atoms with Gasteiger partial charge < -0.3 is 11.1 Å². The first kappa shape index (κ1) is 12.1. The summed E-state index contributed by atoms with van der Waals surface area (Å²) in [4.78, 5) is 8.25. The number of nitrogens with one attached hydrogen (secondary N) is 1. The summed E-state index contributed by atoms with van der Waals surface area (Å²) >= 11 is 0. The second-order valence-corrected chi connectivity index (χ2v) is 5.15. The highest BCUT2D eigenvalue weighted by atomic mass is 15.0. The quantitative estimate of drug-likeness (QED) is 0.840. The molecule has 1 aromatic heterocycles. The van der Waals surface area contributed by atoms with E-state index in [1.54, 1.807) is 0 Å². The van der Waals surface area contributed by atoms with E-state index in [0.717, 1.165) is 17.9 Å². The number of nitrogens with two attached hydrogens (primary N) is 1. The SMILES string of the molecule is CCC1(CNc2ncnc(N)c2C)CCCC1. The van der Waals surface area contributed by atoms with Crippen LogP contribution in [0.4, 0.5) is 11.6 Å². The molecule has 1 aliphatic rings. The fraction of sp³-hybridized carbons (Fsp3) is 0.692. The Bertz CT molecular complexity index is 383. The number of anilines is 2. The molecule has 0 spiro atoms. The van der Waals surface area contributed by atoms with Crippen LogP contribution in [0.2, 0.25) is 0 Å². The first-order valence-corrected chi connectivity index (χ1v) is 6.48. The van der Waals surface area contributed by atoms with Crippen molar-refractivity contribution in [3.63, 3.8) is 0 Å². The Morgan fingerprint density at radius 1 is 1.35 bits per heavy atom. The predicted octanol–water partition coefficient (Wildman–Crippen LogP) is 2.75. The third-order valence-corrected chi connectivity index (χ3v) is 4.17. The molecule has 94 valence electrons. The molecule has 3 N–H and O–H groups in total. The normalized spacial score (nSPS) is 18.2. The summed E-state index contributed by atoms with van der Waals surface area (Å²) in [5.41, 5.74) is 7.20. The zero-order valence-electron chi connectivity index (χ0n) is 10.8. The number of nitrogens with zero attached hydrogens (tertiary/aromatic N) is 2. The standard InChI is InChI=1S/C13H22N4/c1-3-13(6-4-5-7-13)8-15-12-10(2)11(14)16-9-17-12/h9H,3-8H2,1-2H3,(H3,14,15,16,17). The van der Waals surface area contributed by atoms with Crippen molar-refractivity contribution < 1.29 is 0 Å². The van der Waals surface area contributed by atoms with Crippen LogP contribution in [0.25, 0.3) is 0 Å². The van der Waals surface area contributed by atoms with Crippen LogP contribution in [0.1, 0.15) is 44.6 Å². The highest BCUT2D eigenvalue weighted by molar-refractivity contribution is 5.53. The summed E-state index contributed by atoms with van der Waals surface area (Å²) in [6.07, 6.45) is 8.14. The van der Waals surface area contributed by atoms with Crippen LogP contribution >= 0.6 is 0 Å². The van der Waals surface area contributed by atoms with Crippen molar-refractivity contribution in [2.24, 2.45) is 5.41 Å². The maximum Gasteiger partial charge on any atom is 0.134 e. The van der Waals surface area contributed by atoms with Crippen molar-refractivity contribution in [2.75, 3.05) is 17.6 Å². The molecule has 1 heterocycles. The second-order valence-electron chi connectivity index (χ2n) is 5.15. The molecule has 0 aliphatic heterocycles. The molecule has 0 atom stereocenters. The molecule has 17 heavy (non-hydrogen) atoms. The number of hydrogen-bond acceptors (Lipinski definition) is 4. The molecule has 0 unspecified atom stereocenters. The molecule has 2 rings (SSSR count). The van der Waals surface area contributed by atoms with Crippen molar-refractivity contribution >= 4 is 11.6 Å². The number of rotatable bonds is 4. The van der Waals surface area contributed by atoms with E-state index in [-0.39, 0.29) is 0 Å². The molecule has 0 amide bonds. The number of nitrogen functional groups attached to an aromatic ring is 1. The van der Waals surface area contributed by atoms with Gasteiger partial charge in [0.1, 0.15) is 18.0 Å². The third kappa shape index (κ3) is 2.51. The Morgan fingerprint density at radius 3 is 2.71 bits per heavy atom. The van der Waals surface area contributed by atoms with Crippen molar-refractivity contribution in [3.8, 4) is 0 Å². The Balaban J connectivity index is 2.04. The van der Waals surface area contributed by atoms with Gasteiger partial charge in [-0.15, -0.1) is 0 Å². The van der Waals surface area contributed by atoms with E-state index in [2.05, 4.69) is 22.2 Å². The van der Waals surface area contributed by atoms with Gasteiger partial charge in [-0.1, -0.05) is 19.8 Å². The molecule has 1 aliphatic carbocycles. The van der Waals surface area contributed by atoms with E-state index in [9.17, 15) is 0 Å². The van der Waals surface area contributed by atoms with E-state index in [1.807, 2.05) is 6.92 Å². The predicted molar refractivity (Wildman–Crippen MR) is 70.9 cm³/mol. The van der Waals surface area contributed by atoms with E-state index in [0.29, 0.717) is 11.2 Å². The smallest absolute Gasteiger partial charge is 0.134 e. The lowest BCUT2D eigenvalue weighted by molar-refractivity contribution is 0.306. The van der Waals surface area contributed by atoms with Crippen LogP contribution in [0.15, 0.2) is 6.33 Å². The van der Waals surface area contributed by atoms with Crippen LogP contribution in [0, 0.1) is 12.3 Å². The van der Waals surface area contributed by atoms with Crippen molar-refractivity contribution in [2.45, 2.75) is 46.0 Å². The molecule has 4 nitrogen and oxygen atoms in total. The summed E-state index contributed by atoms with van der Waals surface area (Å²) in [5.74, 6) is 1.46. The highest BCUT2D eigenvalue weighted by Gasteiger charge is 2.31. The fourth-order valence-electron chi connectivity index (χ4n) is 2.69. The summed E-state index contributed by atoms with van der Waals surface area (Å²) < 4.78 is 0. The Labute approximate surface area is 103 Å². The van der Waals surface area contributed by atoms with Gasteiger partial charge in [-0.2, -0.15) is 0 Å². The molecule has 1 aromatic rings. The zero-order valence-corrected chi connectivity index (χ0v) is 10.8. The van der Waals surface area contributed by atoms with Crippen LogP contribution in [0.3, 0.4) is 0 Å². The van der Waals surface area contributed by atoms with Crippen LogP contribution < -0.4 is 11.1 Å². The Kier molecular flexibility index (Phi) is 3.50. The van der Waals surface area contributed by atoms with Crippen LogP contribution in [0.5, 0.6) is 0 Å². The molecule has 0 aromatic carbocycles. The van der Waals surface area contributed by atoms with E-state index in [4.69, 9.17) is 5.73 Å². The summed E-state index contributed by atoms with van der Waals surface area (Å²) in [6.45, 7) is 5.25. The van der Waals surface area contributed by atoms with Crippen LogP contribution in [-0.2, 0) is 0 Å². The molecule has 0 radical (unpaired) electrons. The molecule has 1 saturated carbocycles. The van der Waals surface area contributed by atoms with Crippen LogP contribution in [-0.4, -0.2) is 16.5 Å². The topological polar surface area (TPSA) is 63.8 Å². The van der Waals surface area contributed by atoms with Gasteiger partial charge in [0.15, 0.2) is 0 Å². The first-order valence-electron chi connectivity index (χ1n) is 6.48. The van der Waals surface area contributed by atoms with E-state index in [1.165, 1.54) is 38.4 Å². The number of aromatic nitrogens is 2. The van der Waals surface area contributed by atoms with Gasteiger partial charge in [-0.3, -0.25) is 0 Å². The molecule has 0 bridgehead atoms. The molecule has 0 saturated heterocycles.